The topological polar surface area (TPSA) is 55.8 Å². The van der Waals surface area contributed by atoms with Gasteiger partial charge in [-0.15, -0.1) is 0 Å². The van der Waals surface area contributed by atoms with Crippen molar-refractivity contribution >= 4 is 5.97 Å². The molecule has 1 aromatic carbocycles. The summed E-state index contributed by atoms with van der Waals surface area (Å²) < 4.78 is 11.2. The molecule has 0 saturated heterocycles. The van der Waals surface area contributed by atoms with Gasteiger partial charge >= 0.3 is 5.97 Å². The molecule has 1 N–H and O–H groups in total. The molecular weight excluding hydrogens is 268 g/mol. The van der Waals surface area contributed by atoms with E-state index in [0.29, 0.717) is 30.6 Å². The Hall–Kier alpha value is -1.71. The van der Waals surface area contributed by atoms with Gasteiger partial charge in [0.05, 0.1) is 18.8 Å². The van der Waals surface area contributed by atoms with Crippen LogP contribution in [0.1, 0.15) is 56.8 Å². The minimum absolute atomic E-state index is 0.197. The number of carboxylic acids is 1. The van der Waals surface area contributed by atoms with Gasteiger partial charge in [-0.25, -0.2) is 4.79 Å². The zero-order chi connectivity index (χ0) is 15.7. The van der Waals surface area contributed by atoms with Gasteiger partial charge in [-0.2, -0.15) is 0 Å². The Morgan fingerprint density at radius 2 is 1.67 bits per heavy atom. The van der Waals surface area contributed by atoms with Gasteiger partial charge in [0.25, 0.3) is 0 Å². The van der Waals surface area contributed by atoms with Crippen LogP contribution in [-0.2, 0) is 0 Å². The van der Waals surface area contributed by atoms with Crippen molar-refractivity contribution in [2.45, 2.75) is 46.5 Å². The molecule has 0 heterocycles. The van der Waals surface area contributed by atoms with E-state index < -0.39 is 5.97 Å². The zero-order valence-electron chi connectivity index (χ0n) is 13.2. The number of hydrogen-bond donors (Lipinski definition) is 1. The number of carbonyl (C=O) groups is 1. The number of unbranched alkanes of at least 4 members (excludes halogenated alkanes) is 1. The van der Waals surface area contributed by atoms with Crippen molar-refractivity contribution in [1.82, 2.24) is 0 Å². The maximum Gasteiger partial charge on any atom is 0.335 e. The monoisotopic (exact) mass is 294 g/mol. The molecule has 0 radical (unpaired) electrons. The Bertz CT molecular complexity index is 440. The number of aromatic carboxylic acids is 1. The van der Waals surface area contributed by atoms with Crippen LogP contribution in [-0.4, -0.2) is 24.3 Å². The molecule has 0 unspecified atom stereocenters. The highest BCUT2D eigenvalue weighted by molar-refractivity contribution is 5.88. The predicted molar refractivity (Wildman–Crippen MR) is 83.4 cm³/mol. The standard InChI is InChI=1S/C17H26O4/c1-4-5-8-20-15-10-14(17(18)19)11-16(12-15)21-9-6-7-13(2)3/h10-13H,4-9H2,1-3H3,(H,18,19). The van der Waals surface area contributed by atoms with E-state index in [1.165, 1.54) is 0 Å². The summed E-state index contributed by atoms with van der Waals surface area (Å²) in [5.74, 6) is 0.794. The van der Waals surface area contributed by atoms with Gasteiger partial charge in [-0.05, 0) is 37.3 Å². The van der Waals surface area contributed by atoms with Crippen molar-refractivity contribution in [2.24, 2.45) is 5.92 Å². The van der Waals surface area contributed by atoms with Crippen LogP contribution in [0.3, 0.4) is 0 Å². The molecule has 1 rings (SSSR count). The van der Waals surface area contributed by atoms with E-state index in [9.17, 15) is 4.79 Å². The largest absolute Gasteiger partial charge is 0.493 e. The molecule has 0 aliphatic carbocycles. The van der Waals surface area contributed by atoms with Gasteiger partial charge in [0.2, 0.25) is 0 Å². The molecule has 0 aliphatic rings. The average Bonchev–Trinajstić information content (AvgIpc) is 2.43. The normalized spacial score (nSPS) is 10.7. The molecule has 21 heavy (non-hydrogen) atoms. The van der Waals surface area contributed by atoms with E-state index >= 15 is 0 Å². The first kappa shape index (κ1) is 17.3. The third-order valence-corrected chi connectivity index (χ3v) is 3.09. The van der Waals surface area contributed by atoms with Crippen LogP contribution in [0.15, 0.2) is 18.2 Å². The summed E-state index contributed by atoms with van der Waals surface area (Å²) in [5, 5.41) is 9.14. The quantitative estimate of drug-likeness (QED) is 0.651. The molecule has 0 atom stereocenters. The molecule has 0 spiro atoms. The first-order valence-electron chi connectivity index (χ1n) is 7.67. The number of rotatable bonds is 10. The van der Waals surface area contributed by atoms with Crippen molar-refractivity contribution < 1.29 is 19.4 Å². The molecule has 118 valence electrons. The van der Waals surface area contributed by atoms with E-state index in [2.05, 4.69) is 20.8 Å². The second kappa shape index (κ2) is 9.27. The maximum atomic E-state index is 11.1. The molecule has 0 amide bonds. The lowest BCUT2D eigenvalue weighted by atomic mass is 10.1. The van der Waals surface area contributed by atoms with E-state index in [4.69, 9.17) is 14.6 Å². The highest BCUT2D eigenvalue weighted by Crippen LogP contribution is 2.24. The summed E-state index contributed by atoms with van der Waals surface area (Å²) in [6.45, 7) is 7.61. The first-order chi connectivity index (χ1) is 10.0. The molecule has 0 saturated carbocycles. The smallest absolute Gasteiger partial charge is 0.335 e. The number of carboxylic acid groups (broad SMARTS) is 1. The van der Waals surface area contributed by atoms with E-state index in [-0.39, 0.29) is 5.56 Å². The van der Waals surface area contributed by atoms with Crippen LogP contribution >= 0.6 is 0 Å². The average molecular weight is 294 g/mol. The molecular formula is C17H26O4. The summed E-state index contributed by atoms with van der Waals surface area (Å²) in [4.78, 5) is 11.1. The Labute approximate surface area is 127 Å². The predicted octanol–water partition coefficient (Wildman–Crippen LogP) is 4.38. The molecule has 0 bridgehead atoms. The van der Waals surface area contributed by atoms with Crippen LogP contribution in [0.2, 0.25) is 0 Å². The van der Waals surface area contributed by atoms with Crippen LogP contribution in [0.5, 0.6) is 11.5 Å². The Balaban J connectivity index is 2.65. The van der Waals surface area contributed by atoms with Crippen molar-refractivity contribution in [3.8, 4) is 11.5 Å². The third-order valence-electron chi connectivity index (χ3n) is 3.09. The van der Waals surface area contributed by atoms with Crippen LogP contribution in [0.4, 0.5) is 0 Å². The van der Waals surface area contributed by atoms with Gasteiger partial charge in [-0.3, -0.25) is 0 Å². The van der Waals surface area contributed by atoms with Gasteiger partial charge < -0.3 is 14.6 Å². The molecule has 0 aromatic heterocycles. The van der Waals surface area contributed by atoms with Crippen LogP contribution in [0, 0.1) is 5.92 Å². The van der Waals surface area contributed by atoms with Crippen LogP contribution < -0.4 is 9.47 Å². The zero-order valence-corrected chi connectivity index (χ0v) is 13.2. The lowest BCUT2D eigenvalue weighted by molar-refractivity contribution is 0.0695. The van der Waals surface area contributed by atoms with Crippen molar-refractivity contribution in [2.75, 3.05) is 13.2 Å². The fraction of sp³-hybridized carbons (Fsp3) is 0.588. The molecule has 4 nitrogen and oxygen atoms in total. The molecule has 0 aliphatic heterocycles. The van der Waals surface area contributed by atoms with Gasteiger partial charge in [0.15, 0.2) is 0 Å². The Kier molecular flexibility index (Phi) is 7.65. The lowest BCUT2D eigenvalue weighted by Crippen LogP contribution is -2.04. The van der Waals surface area contributed by atoms with E-state index in [1.54, 1.807) is 18.2 Å². The van der Waals surface area contributed by atoms with Crippen molar-refractivity contribution in [1.29, 1.82) is 0 Å². The van der Waals surface area contributed by atoms with Gasteiger partial charge in [0, 0.05) is 6.07 Å². The highest BCUT2D eigenvalue weighted by atomic mass is 16.5. The van der Waals surface area contributed by atoms with E-state index in [0.717, 1.165) is 25.7 Å². The second-order valence-corrected chi connectivity index (χ2v) is 5.58. The first-order valence-corrected chi connectivity index (χ1v) is 7.67. The minimum atomic E-state index is -0.969. The number of hydrogen-bond acceptors (Lipinski definition) is 3. The van der Waals surface area contributed by atoms with Gasteiger partial charge in [-0.1, -0.05) is 27.2 Å². The highest BCUT2D eigenvalue weighted by Gasteiger charge is 2.09. The summed E-state index contributed by atoms with van der Waals surface area (Å²) in [6.07, 6.45) is 4.04. The number of benzene rings is 1. The molecule has 0 fully saturated rings. The maximum absolute atomic E-state index is 11.1. The SMILES string of the molecule is CCCCOc1cc(OCCCC(C)C)cc(C(=O)O)c1. The van der Waals surface area contributed by atoms with Crippen LogP contribution in [0.25, 0.3) is 0 Å². The van der Waals surface area contributed by atoms with E-state index in [1.807, 2.05) is 0 Å². The summed E-state index contributed by atoms with van der Waals surface area (Å²) in [6, 6.07) is 4.85. The fourth-order valence-electron chi connectivity index (χ4n) is 1.88. The fourth-order valence-corrected chi connectivity index (χ4v) is 1.88. The Morgan fingerprint density at radius 1 is 1.10 bits per heavy atom. The van der Waals surface area contributed by atoms with Crippen molar-refractivity contribution in [3.63, 3.8) is 0 Å². The lowest BCUT2D eigenvalue weighted by Gasteiger charge is -2.11. The second-order valence-electron chi connectivity index (χ2n) is 5.58. The van der Waals surface area contributed by atoms with Crippen molar-refractivity contribution in [3.05, 3.63) is 23.8 Å². The summed E-state index contributed by atoms with van der Waals surface area (Å²) >= 11 is 0. The minimum Gasteiger partial charge on any atom is -0.493 e. The molecule has 1 aromatic rings. The van der Waals surface area contributed by atoms with Gasteiger partial charge in [0.1, 0.15) is 11.5 Å². The Morgan fingerprint density at radius 3 is 2.14 bits per heavy atom. The third kappa shape index (κ3) is 7.02. The summed E-state index contributed by atoms with van der Waals surface area (Å²) in [7, 11) is 0. The molecule has 4 heteroatoms. The number of ether oxygens (including phenoxy) is 2. The summed E-state index contributed by atoms with van der Waals surface area (Å²) in [5.41, 5.74) is 0.197.